The van der Waals surface area contributed by atoms with E-state index in [0.29, 0.717) is 16.9 Å². The number of amides is 1. The van der Waals surface area contributed by atoms with E-state index < -0.39 is 12.1 Å². The zero-order valence-corrected chi connectivity index (χ0v) is 15.3. The van der Waals surface area contributed by atoms with Crippen molar-refractivity contribution < 1.29 is 23.8 Å². The van der Waals surface area contributed by atoms with Crippen molar-refractivity contribution in [1.82, 2.24) is 5.43 Å². The number of ether oxygens (including phenoxy) is 3. The summed E-state index contributed by atoms with van der Waals surface area (Å²) in [5, 5.41) is 5.51. The second-order valence-corrected chi connectivity index (χ2v) is 5.69. The molecule has 3 aromatic carbocycles. The van der Waals surface area contributed by atoms with Gasteiger partial charge < -0.3 is 14.2 Å². The lowest BCUT2D eigenvalue weighted by Gasteiger charge is -2.11. The number of hydrazone groups is 1. The summed E-state index contributed by atoms with van der Waals surface area (Å²) in [5.41, 5.74) is 3.29. The predicted octanol–water partition coefficient (Wildman–Crippen LogP) is 3.76. The van der Waals surface area contributed by atoms with Gasteiger partial charge in [-0.1, -0.05) is 36.4 Å². The summed E-state index contributed by atoms with van der Waals surface area (Å²) < 4.78 is 15.3. The molecule has 0 aliphatic carbocycles. The fraction of sp³-hybridized carbons (Fsp3) is 0.0952. The third-order valence-corrected chi connectivity index (χ3v) is 3.95. The molecule has 0 aliphatic rings. The molecule has 1 amide bonds. The van der Waals surface area contributed by atoms with Gasteiger partial charge in [-0.2, -0.15) is 5.10 Å². The number of esters is 1. The van der Waals surface area contributed by atoms with Gasteiger partial charge in [0.15, 0.2) is 11.5 Å². The van der Waals surface area contributed by atoms with E-state index in [-0.39, 0.29) is 5.75 Å². The smallest absolute Gasteiger partial charge is 0.427 e. The van der Waals surface area contributed by atoms with Crippen LogP contribution in [0.2, 0.25) is 0 Å². The zero-order chi connectivity index (χ0) is 19.9. The molecular weight excluding hydrogens is 360 g/mol. The highest BCUT2D eigenvalue weighted by Crippen LogP contribution is 2.29. The van der Waals surface area contributed by atoms with Crippen molar-refractivity contribution in [2.45, 2.75) is 0 Å². The summed E-state index contributed by atoms with van der Waals surface area (Å²) >= 11 is 0. The van der Waals surface area contributed by atoms with Crippen LogP contribution in [0.3, 0.4) is 0 Å². The first-order valence-corrected chi connectivity index (χ1v) is 8.37. The molecule has 0 spiro atoms. The molecule has 3 aromatic rings. The van der Waals surface area contributed by atoms with Gasteiger partial charge in [-0.05, 0) is 40.6 Å². The Kier molecular flexibility index (Phi) is 5.86. The van der Waals surface area contributed by atoms with Gasteiger partial charge in [0, 0.05) is 0 Å². The molecule has 0 aliphatic heterocycles. The summed E-state index contributed by atoms with van der Waals surface area (Å²) in [6.45, 7) is 0. The van der Waals surface area contributed by atoms with Crippen molar-refractivity contribution in [1.29, 1.82) is 0 Å². The fourth-order valence-corrected chi connectivity index (χ4v) is 2.61. The van der Waals surface area contributed by atoms with E-state index in [1.165, 1.54) is 20.4 Å². The van der Waals surface area contributed by atoms with Gasteiger partial charge in [0.25, 0.3) is 0 Å². The first kappa shape index (κ1) is 18.9. The fourth-order valence-electron chi connectivity index (χ4n) is 2.61. The minimum atomic E-state index is -0.677. The summed E-state index contributed by atoms with van der Waals surface area (Å²) in [7, 11) is 2.71. The molecular formula is C21H18N2O5. The number of benzene rings is 3. The molecule has 1 N–H and O–H groups in total. The SMILES string of the molecule is COC(=O)N/N=C\c1ccc(OC(=O)c2cccc3ccccc23)c(OC)c1. The molecule has 0 heterocycles. The average Bonchev–Trinajstić information content (AvgIpc) is 2.73. The Hall–Kier alpha value is -3.87. The first-order chi connectivity index (χ1) is 13.6. The number of nitrogens with one attached hydrogen (secondary N) is 1. The highest BCUT2D eigenvalue weighted by atomic mass is 16.6. The van der Waals surface area contributed by atoms with E-state index in [2.05, 4.69) is 15.3 Å². The second kappa shape index (κ2) is 8.68. The lowest BCUT2D eigenvalue weighted by atomic mass is 10.0. The lowest BCUT2D eigenvalue weighted by molar-refractivity contribution is 0.0731. The van der Waals surface area contributed by atoms with Crippen molar-refractivity contribution >= 4 is 29.0 Å². The Labute approximate surface area is 161 Å². The number of carbonyl (C=O) groups is 2. The van der Waals surface area contributed by atoms with Crippen LogP contribution >= 0.6 is 0 Å². The number of carbonyl (C=O) groups excluding carboxylic acids is 2. The summed E-state index contributed by atoms with van der Waals surface area (Å²) in [6.07, 6.45) is 0.735. The molecule has 3 rings (SSSR count). The average molecular weight is 378 g/mol. The number of hydrogen-bond acceptors (Lipinski definition) is 6. The Morgan fingerprint density at radius 2 is 1.75 bits per heavy atom. The number of fused-ring (bicyclic) bond motifs is 1. The van der Waals surface area contributed by atoms with Crippen LogP contribution in [0, 0.1) is 0 Å². The molecule has 7 heteroatoms. The number of methoxy groups -OCH3 is 2. The highest BCUT2D eigenvalue weighted by molar-refractivity contribution is 6.05. The molecule has 0 fully saturated rings. The molecule has 28 heavy (non-hydrogen) atoms. The minimum absolute atomic E-state index is 0.276. The zero-order valence-electron chi connectivity index (χ0n) is 15.3. The Bertz CT molecular complexity index is 1040. The Morgan fingerprint density at radius 3 is 2.54 bits per heavy atom. The maximum Gasteiger partial charge on any atom is 0.427 e. The molecule has 0 saturated heterocycles. The van der Waals surface area contributed by atoms with E-state index in [9.17, 15) is 9.59 Å². The molecule has 0 bridgehead atoms. The summed E-state index contributed by atoms with van der Waals surface area (Å²) in [5.74, 6) is 0.151. The van der Waals surface area contributed by atoms with Gasteiger partial charge in [0.1, 0.15) is 0 Å². The van der Waals surface area contributed by atoms with Crippen LogP contribution in [-0.4, -0.2) is 32.5 Å². The Balaban J connectivity index is 1.81. The van der Waals surface area contributed by atoms with Gasteiger partial charge in [-0.3, -0.25) is 0 Å². The van der Waals surface area contributed by atoms with E-state index >= 15 is 0 Å². The number of hydrogen-bond donors (Lipinski definition) is 1. The van der Waals surface area contributed by atoms with Crippen LogP contribution in [0.4, 0.5) is 4.79 Å². The second-order valence-electron chi connectivity index (χ2n) is 5.69. The third kappa shape index (κ3) is 4.27. The van der Waals surface area contributed by atoms with Crippen molar-refractivity contribution in [2.24, 2.45) is 5.10 Å². The van der Waals surface area contributed by atoms with Crippen LogP contribution in [-0.2, 0) is 4.74 Å². The summed E-state index contributed by atoms with van der Waals surface area (Å²) in [6, 6.07) is 18.0. The van der Waals surface area contributed by atoms with Crippen LogP contribution in [0.1, 0.15) is 15.9 Å². The largest absolute Gasteiger partial charge is 0.493 e. The topological polar surface area (TPSA) is 86.2 Å². The quantitative estimate of drug-likeness (QED) is 0.316. The van der Waals surface area contributed by atoms with Crippen molar-refractivity contribution in [3.63, 3.8) is 0 Å². The molecule has 7 nitrogen and oxygen atoms in total. The molecule has 0 saturated carbocycles. The highest BCUT2D eigenvalue weighted by Gasteiger charge is 2.15. The number of rotatable bonds is 5. The van der Waals surface area contributed by atoms with Crippen LogP contribution < -0.4 is 14.9 Å². The monoisotopic (exact) mass is 378 g/mol. The van der Waals surface area contributed by atoms with Crippen LogP contribution in [0.15, 0.2) is 65.8 Å². The van der Waals surface area contributed by atoms with E-state index in [4.69, 9.17) is 9.47 Å². The summed E-state index contributed by atoms with van der Waals surface area (Å²) in [4.78, 5) is 23.7. The van der Waals surface area contributed by atoms with Crippen LogP contribution in [0.25, 0.3) is 10.8 Å². The molecule has 0 aromatic heterocycles. The molecule has 0 radical (unpaired) electrons. The lowest BCUT2D eigenvalue weighted by Crippen LogP contribution is -2.16. The molecule has 0 unspecified atom stereocenters. The number of nitrogens with zero attached hydrogens (tertiary/aromatic N) is 1. The van der Waals surface area contributed by atoms with Gasteiger partial charge in [-0.15, -0.1) is 0 Å². The standard InChI is InChI=1S/C21H18N2O5/c1-26-19-12-14(13-22-23-21(25)27-2)10-11-18(19)28-20(24)17-9-5-7-15-6-3-4-8-16(15)17/h3-13H,1-2H3,(H,23,25)/b22-13-. The van der Waals surface area contributed by atoms with Gasteiger partial charge in [-0.25, -0.2) is 15.0 Å². The van der Waals surface area contributed by atoms with E-state index in [1.807, 2.05) is 36.4 Å². The van der Waals surface area contributed by atoms with E-state index in [1.54, 1.807) is 24.3 Å². The molecule has 0 atom stereocenters. The van der Waals surface area contributed by atoms with Crippen molar-refractivity contribution in [3.8, 4) is 11.5 Å². The van der Waals surface area contributed by atoms with Gasteiger partial charge in [0.05, 0.1) is 26.0 Å². The third-order valence-electron chi connectivity index (χ3n) is 3.95. The van der Waals surface area contributed by atoms with Crippen molar-refractivity contribution in [2.75, 3.05) is 14.2 Å². The normalized spacial score (nSPS) is 10.6. The maximum atomic E-state index is 12.7. The van der Waals surface area contributed by atoms with E-state index in [0.717, 1.165) is 10.8 Å². The maximum absolute atomic E-state index is 12.7. The van der Waals surface area contributed by atoms with Gasteiger partial charge in [0.2, 0.25) is 0 Å². The minimum Gasteiger partial charge on any atom is -0.493 e. The molecule has 142 valence electrons. The van der Waals surface area contributed by atoms with Gasteiger partial charge >= 0.3 is 12.1 Å². The van der Waals surface area contributed by atoms with Crippen molar-refractivity contribution in [3.05, 3.63) is 71.8 Å². The Morgan fingerprint density at radius 1 is 0.964 bits per heavy atom. The predicted molar refractivity (Wildman–Crippen MR) is 105 cm³/mol. The first-order valence-electron chi connectivity index (χ1n) is 8.37. The van der Waals surface area contributed by atoms with Crippen LogP contribution in [0.5, 0.6) is 11.5 Å².